The summed E-state index contributed by atoms with van der Waals surface area (Å²) in [6.07, 6.45) is 11.0. The number of unbranched alkanes of at least 4 members (excludes halogenated alkanes) is 2. The minimum Gasteiger partial charge on any atom is -0.346 e. The maximum Gasteiger partial charge on any atom is 0.286 e. The fourth-order valence-electron chi connectivity index (χ4n) is 3.20. The zero-order valence-electron chi connectivity index (χ0n) is 23.4. The third kappa shape index (κ3) is 20.2. The van der Waals surface area contributed by atoms with Crippen LogP contribution in [0.15, 0.2) is 10.1 Å². The monoisotopic (exact) mass is 664 g/mol. The number of rotatable bonds is 13. The number of nitrogens with one attached hydrogen (secondary N) is 6. The Morgan fingerprint density at radius 2 is 1.35 bits per heavy atom. The first-order valence-corrected chi connectivity index (χ1v) is 16.1. The molecule has 0 saturated carbocycles. The number of carbonyl (C=O) groups excluding carboxylic acids is 2. The van der Waals surface area contributed by atoms with Crippen LogP contribution in [-0.4, -0.2) is 54.3 Å². The third-order valence-electron chi connectivity index (χ3n) is 5.55. The molecule has 0 spiro atoms. The lowest BCUT2D eigenvalue weighted by Gasteiger charge is -2.14. The number of isocyanates is 1. The summed E-state index contributed by atoms with van der Waals surface area (Å²) < 4.78 is 1.99. The molecule has 2 heterocycles. The Bertz CT molecular complexity index is 1220. The SMILES string of the molecule is CCCCC(CC)CN=C=O.CCCCC(CC)CNC(=O)Sc1nc(=S)[nH]c(=S)[nH]1.S=c1[nH]c(=S)[nH]c(=S)[nH]1. The molecule has 0 bridgehead atoms. The zero-order valence-corrected chi connectivity index (χ0v) is 28.3. The van der Waals surface area contributed by atoms with E-state index in [1.54, 1.807) is 6.08 Å². The maximum absolute atomic E-state index is 11.8. The number of thioether (sulfide) groups is 1. The van der Waals surface area contributed by atoms with Gasteiger partial charge in [0.2, 0.25) is 10.9 Å². The van der Waals surface area contributed by atoms with Gasteiger partial charge in [0.05, 0.1) is 6.54 Å². The van der Waals surface area contributed by atoms with Crippen LogP contribution in [0.5, 0.6) is 0 Å². The standard InChI is InChI=1S/C12H20N4OS3.C9H17NO.C3H3N3S3/c1-3-5-6-8(4-2)7-13-12(17)20-11-15-9(18)14-10(19)16-11;1-3-5-6-9(4-2)7-10-8-11;7-1-4-2(8)6-3(9)5-1/h8H,3-7H2,1-2H3,(H,13,17)(H2,14,15,16,18,19);9H,3-7H2,1-2H3;(H3,4,5,6,7,8,9). The number of hydrogen-bond donors (Lipinski definition) is 6. The molecule has 40 heavy (non-hydrogen) atoms. The van der Waals surface area contributed by atoms with Crippen molar-refractivity contribution in [3.8, 4) is 0 Å². The summed E-state index contributed by atoms with van der Waals surface area (Å²) in [5.74, 6) is 1.13. The van der Waals surface area contributed by atoms with Crippen molar-refractivity contribution < 1.29 is 9.59 Å². The first kappa shape index (κ1) is 38.3. The molecular weight excluding hydrogens is 625 g/mol. The minimum absolute atomic E-state index is 0.140. The second kappa shape index (κ2) is 24.0. The Balaban J connectivity index is 0.000000638. The summed E-state index contributed by atoms with van der Waals surface area (Å²) in [4.78, 5) is 42.7. The van der Waals surface area contributed by atoms with Crippen LogP contribution in [0.2, 0.25) is 0 Å². The molecule has 0 radical (unpaired) electrons. The topological polar surface area (TPSA) is 150 Å². The first-order valence-electron chi connectivity index (χ1n) is 13.2. The smallest absolute Gasteiger partial charge is 0.286 e. The maximum atomic E-state index is 11.8. The van der Waals surface area contributed by atoms with Crippen LogP contribution in [0.4, 0.5) is 4.79 Å². The molecule has 0 saturated heterocycles. The number of hydrogen-bond acceptors (Lipinski definition) is 10. The number of H-pyrrole nitrogens is 5. The van der Waals surface area contributed by atoms with Gasteiger partial charge in [-0.25, -0.2) is 9.79 Å². The highest BCUT2D eigenvalue weighted by Gasteiger charge is 2.10. The van der Waals surface area contributed by atoms with E-state index in [1.165, 1.54) is 32.1 Å². The van der Waals surface area contributed by atoms with E-state index in [9.17, 15) is 9.59 Å². The van der Waals surface area contributed by atoms with Crippen molar-refractivity contribution >= 4 is 84.2 Å². The molecule has 2 unspecified atom stereocenters. The summed E-state index contributed by atoms with van der Waals surface area (Å²) in [7, 11) is 0. The quantitative estimate of drug-likeness (QED) is 0.0535. The molecule has 0 fully saturated rings. The van der Waals surface area contributed by atoms with Gasteiger partial charge in [-0.15, -0.1) is 0 Å². The first-order chi connectivity index (χ1) is 19.1. The molecular formula is C24H40N8O2S6. The third-order valence-corrected chi connectivity index (χ3v) is 7.28. The Labute approximate surface area is 265 Å². The van der Waals surface area contributed by atoms with Crippen molar-refractivity contribution in [2.75, 3.05) is 13.1 Å². The fraction of sp³-hybridized carbons (Fsp3) is 0.667. The van der Waals surface area contributed by atoms with Crippen molar-refractivity contribution in [3.05, 3.63) is 23.9 Å². The molecule has 0 aliphatic rings. The van der Waals surface area contributed by atoms with Gasteiger partial charge in [-0.1, -0.05) is 66.2 Å². The fourth-order valence-corrected chi connectivity index (χ4v) is 5.20. The molecule has 2 atom stereocenters. The minimum atomic E-state index is -0.140. The summed E-state index contributed by atoms with van der Waals surface area (Å²) in [6.45, 7) is 10.0. The van der Waals surface area contributed by atoms with E-state index in [0.717, 1.165) is 31.0 Å². The van der Waals surface area contributed by atoms with Gasteiger partial charge < -0.3 is 30.2 Å². The van der Waals surface area contributed by atoms with Crippen molar-refractivity contribution in [2.45, 2.75) is 84.2 Å². The van der Waals surface area contributed by atoms with Crippen molar-refractivity contribution in [3.63, 3.8) is 0 Å². The second-order valence-corrected chi connectivity index (χ2v) is 11.7. The summed E-state index contributed by atoms with van der Waals surface area (Å²) >= 11 is 25.0. The van der Waals surface area contributed by atoms with Gasteiger partial charge in [0, 0.05) is 18.3 Å². The summed E-state index contributed by atoms with van der Waals surface area (Å²) in [5, 5.41) is 3.19. The molecule has 10 nitrogen and oxygen atoms in total. The van der Waals surface area contributed by atoms with Crippen LogP contribution in [-0.2, 0) is 4.79 Å². The number of aliphatic imine (C=N–C) groups is 1. The lowest BCUT2D eigenvalue weighted by Crippen LogP contribution is -2.26. The van der Waals surface area contributed by atoms with Gasteiger partial charge in [-0.3, -0.25) is 4.79 Å². The predicted molar refractivity (Wildman–Crippen MR) is 175 cm³/mol. The van der Waals surface area contributed by atoms with E-state index in [1.807, 2.05) is 0 Å². The zero-order chi connectivity index (χ0) is 30.3. The van der Waals surface area contributed by atoms with Gasteiger partial charge in [-0.2, -0.15) is 4.98 Å². The molecule has 2 aromatic heterocycles. The lowest BCUT2D eigenvalue weighted by molar-refractivity contribution is 0.258. The Morgan fingerprint density at radius 3 is 1.80 bits per heavy atom. The Kier molecular flexibility index (Phi) is 23.0. The largest absolute Gasteiger partial charge is 0.346 e. The van der Waals surface area contributed by atoms with Gasteiger partial charge in [0.15, 0.2) is 24.2 Å². The van der Waals surface area contributed by atoms with Crippen molar-refractivity contribution in [2.24, 2.45) is 16.8 Å². The molecule has 2 aromatic rings. The average molecular weight is 665 g/mol. The van der Waals surface area contributed by atoms with E-state index < -0.39 is 0 Å². The Hall–Kier alpha value is -1.68. The van der Waals surface area contributed by atoms with Crippen LogP contribution >= 0.6 is 72.9 Å². The Morgan fingerprint density at radius 1 is 0.850 bits per heavy atom. The number of carbonyl (C=O) groups is 1. The highest BCUT2D eigenvalue weighted by Crippen LogP contribution is 2.15. The van der Waals surface area contributed by atoms with E-state index in [4.69, 9.17) is 61.1 Å². The van der Waals surface area contributed by atoms with Crippen LogP contribution in [0.25, 0.3) is 0 Å². The van der Waals surface area contributed by atoms with Gasteiger partial charge >= 0.3 is 0 Å². The summed E-state index contributed by atoms with van der Waals surface area (Å²) in [5.41, 5.74) is 0. The molecule has 0 aromatic carbocycles. The normalized spacial score (nSPS) is 11.5. The van der Waals surface area contributed by atoms with E-state index in [0.29, 0.717) is 49.2 Å². The van der Waals surface area contributed by atoms with Crippen molar-refractivity contribution in [1.82, 2.24) is 35.2 Å². The second-order valence-electron chi connectivity index (χ2n) is 8.70. The molecule has 1 amide bonds. The van der Waals surface area contributed by atoms with Crippen LogP contribution in [0.3, 0.4) is 0 Å². The van der Waals surface area contributed by atoms with Crippen LogP contribution < -0.4 is 5.32 Å². The average Bonchev–Trinajstić information content (AvgIpc) is 2.88. The molecule has 224 valence electrons. The van der Waals surface area contributed by atoms with Crippen LogP contribution in [0.1, 0.15) is 79.1 Å². The molecule has 0 aliphatic heterocycles. The van der Waals surface area contributed by atoms with Crippen LogP contribution in [0, 0.1) is 35.7 Å². The lowest BCUT2D eigenvalue weighted by atomic mass is 10.00. The highest BCUT2D eigenvalue weighted by atomic mass is 32.2. The summed E-state index contributed by atoms with van der Waals surface area (Å²) in [6, 6.07) is 0. The number of aromatic nitrogens is 6. The highest BCUT2D eigenvalue weighted by molar-refractivity contribution is 8.13. The van der Waals surface area contributed by atoms with E-state index in [-0.39, 0.29) is 10.0 Å². The van der Waals surface area contributed by atoms with Gasteiger partial charge in [-0.05, 0) is 85.8 Å². The molecule has 0 aliphatic carbocycles. The van der Waals surface area contributed by atoms with E-state index in [2.05, 4.69) is 67.9 Å². The van der Waals surface area contributed by atoms with Gasteiger partial charge in [0.25, 0.3) is 5.24 Å². The number of nitrogens with zero attached hydrogens (tertiary/aromatic N) is 2. The molecule has 2 rings (SSSR count). The number of aromatic amines is 5. The van der Waals surface area contributed by atoms with Gasteiger partial charge in [0.1, 0.15) is 0 Å². The predicted octanol–water partition coefficient (Wildman–Crippen LogP) is 8.61. The van der Waals surface area contributed by atoms with Crippen molar-refractivity contribution in [1.29, 1.82) is 0 Å². The van der Waals surface area contributed by atoms with E-state index >= 15 is 0 Å². The molecule has 16 heteroatoms. The molecule has 6 N–H and O–H groups in total. The number of amides is 1.